The van der Waals surface area contributed by atoms with E-state index < -0.39 is 35.0 Å². The molecule has 74 valence electrons. The fourth-order valence-corrected chi connectivity index (χ4v) is 2.84. The Balaban J connectivity index is 2.18. The van der Waals surface area contributed by atoms with Gasteiger partial charge in [-0.3, -0.25) is 9.59 Å². The Morgan fingerprint density at radius 3 is 1.93 bits per heavy atom. The van der Waals surface area contributed by atoms with Crippen molar-refractivity contribution >= 4 is 11.9 Å². The van der Waals surface area contributed by atoms with Crippen LogP contribution in [0.15, 0.2) is 12.2 Å². The molecule has 2 saturated heterocycles. The van der Waals surface area contributed by atoms with E-state index in [0.29, 0.717) is 0 Å². The van der Waals surface area contributed by atoms with Gasteiger partial charge in [-0.15, -0.1) is 0 Å². The van der Waals surface area contributed by atoms with Gasteiger partial charge in [0.15, 0.2) is 0 Å². The van der Waals surface area contributed by atoms with Crippen molar-refractivity contribution in [2.75, 3.05) is 0 Å². The minimum atomic E-state index is -0.650. The van der Waals surface area contributed by atoms with Crippen molar-refractivity contribution in [1.29, 1.82) is 0 Å². The average molecular weight is 194 g/mol. The van der Waals surface area contributed by atoms with Crippen molar-refractivity contribution in [2.24, 2.45) is 11.8 Å². The highest BCUT2D eigenvalue weighted by molar-refractivity contribution is 5.99. The van der Waals surface area contributed by atoms with Crippen molar-refractivity contribution in [1.82, 2.24) is 0 Å². The first-order chi connectivity index (χ1) is 6.46. The third-order valence-corrected chi connectivity index (χ3v) is 3.46. The average Bonchev–Trinajstić information content (AvgIpc) is 2.60. The van der Waals surface area contributed by atoms with Crippen LogP contribution >= 0.6 is 0 Å². The molecule has 0 saturated carbocycles. The first-order valence-electron chi connectivity index (χ1n) is 4.62. The number of hydrogen-bond donors (Lipinski definition) is 0. The van der Waals surface area contributed by atoms with Gasteiger partial charge in [0.1, 0.15) is 11.8 Å². The maximum atomic E-state index is 11.4. The molecule has 0 aliphatic carbocycles. The van der Waals surface area contributed by atoms with E-state index in [1.807, 2.05) is 26.0 Å². The number of esters is 2. The van der Waals surface area contributed by atoms with Crippen LogP contribution in [0, 0.1) is 11.8 Å². The molecule has 4 nitrogen and oxygen atoms in total. The van der Waals surface area contributed by atoms with Gasteiger partial charge >= 0.3 is 11.9 Å². The Bertz CT molecular complexity index is 352. The Kier molecular flexibility index (Phi) is 1.13. The Morgan fingerprint density at radius 2 is 1.50 bits per heavy atom. The second kappa shape index (κ2) is 1.93. The number of fused-ring (bicyclic) bond motifs is 5. The molecule has 0 radical (unpaired) electrons. The van der Waals surface area contributed by atoms with Crippen LogP contribution in [0.2, 0.25) is 0 Å². The molecule has 0 aromatic rings. The van der Waals surface area contributed by atoms with E-state index in [2.05, 4.69) is 4.74 Å². The van der Waals surface area contributed by atoms with Crippen LogP contribution < -0.4 is 0 Å². The van der Waals surface area contributed by atoms with Crippen LogP contribution in [0.5, 0.6) is 0 Å². The molecule has 3 aliphatic heterocycles. The monoisotopic (exact) mass is 194 g/mol. The molecular formula is C10H10O4. The number of ether oxygens (including phenoxy) is 2. The van der Waals surface area contributed by atoms with Gasteiger partial charge in [-0.05, 0) is 13.8 Å². The molecule has 0 amide bonds. The topological polar surface area (TPSA) is 52.6 Å². The summed E-state index contributed by atoms with van der Waals surface area (Å²) in [6, 6.07) is 0. The number of carbonyl (C=O) groups is 2. The molecule has 0 N–H and O–H groups in total. The lowest BCUT2D eigenvalue weighted by molar-refractivity contribution is -0.160. The molecular weight excluding hydrogens is 184 g/mol. The van der Waals surface area contributed by atoms with Gasteiger partial charge in [0.2, 0.25) is 0 Å². The molecule has 0 aromatic carbocycles. The lowest BCUT2D eigenvalue weighted by atomic mass is 9.73. The SMILES string of the molecule is C[C@]12C=C[C@](C)(O1)[C@@H]1C(=O)OC(=O)[C@H]12. The van der Waals surface area contributed by atoms with E-state index in [0.717, 1.165) is 0 Å². The van der Waals surface area contributed by atoms with Gasteiger partial charge < -0.3 is 9.47 Å². The third-order valence-electron chi connectivity index (χ3n) is 3.46. The van der Waals surface area contributed by atoms with E-state index in [-0.39, 0.29) is 0 Å². The second-order valence-corrected chi connectivity index (χ2v) is 4.50. The normalized spacial score (nSPS) is 53.9. The number of hydrogen-bond acceptors (Lipinski definition) is 4. The lowest BCUT2D eigenvalue weighted by Gasteiger charge is -2.20. The standard InChI is InChI=1S/C10H10O4/c1-9-3-4-10(2,14-9)6-5(9)7(11)13-8(6)12/h3-6H,1-2H3/t5-,6-,9-,10+/m0/s1. The highest BCUT2D eigenvalue weighted by atomic mass is 16.6. The molecule has 3 heterocycles. The highest BCUT2D eigenvalue weighted by Gasteiger charge is 2.69. The minimum absolute atomic E-state index is 0.449. The summed E-state index contributed by atoms with van der Waals surface area (Å²) in [6.07, 6.45) is 3.71. The van der Waals surface area contributed by atoms with Gasteiger partial charge in [-0.2, -0.15) is 0 Å². The van der Waals surface area contributed by atoms with E-state index in [1.54, 1.807) is 0 Å². The van der Waals surface area contributed by atoms with E-state index in [1.165, 1.54) is 0 Å². The Morgan fingerprint density at radius 1 is 1.07 bits per heavy atom. The molecule has 0 spiro atoms. The summed E-state index contributed by atoms with van der Waals surface area (Å²) in [5, 5.41) is 0. The van der Waals surface area contributed by atoms with Crippen LogP contribution in [-0.2, 0) is 19.1 Å². The Labute approximate surface area is 80.9 Å². The van der Waals surface area contributed by atoms with Crippen molar-refractivity contribution in [3.63, 3.8) is 0 Å². The first-order valence-corrected chi connectivity index (χ1v) is 4.62. The van der Waals surface area contributed by atoms with Crippen molar-refractivity contribution < 1.29 is 19.1 Å². The first kappa shape index (κ1) is 8.17. The van der Waals surface area contributed by atoms with Crippen LogP contribution in [0.3, 0.4) is 0 Å². The molecule has 4 atom stereocenters. The molecule has 2 fully saturated rings. The van der Waals surface area contributed by atoms with Crippen molar-refractivity contribution in [3.8, 4) is 0 Å². The predicted octanol–water partition coefficient (Wildman–Crippen LogP) is 0.420. The lowest BCUT2D eigenvalue weighted by Crippen LogP contribution is -2.36. The molecule has 0 unspecified atom stereocenters. The zero-order valence-corrected chi connectivity index (χ0v) is 7.94. The fraction of sp³-hybridized carbons (Fsp3) is 0.600. The summed E-state index contributed by atoms with van der Waals surface area (Å²) in [5.41, 5.74) is -1.30. The quantitative estimate of drug-likeness (QED) is 0.318. The molecule has 0 aromatic heterocycles. The number of carbonyl (C=O) groups excluding carboxylic acids is 2. The summed E-state index contributed by atoms with van der Waals surface area (Å²) >= 11 is 0. The van der Waals surface area contributed by atoms with Crippen LogP contribution in [0.25, 0.3) is 0 Å². The van der Waals surface area contributed by atoms with Crippen molar-refractivity contribution in [3.05, 3.63) is 12.2 Å². The van der Waals surface area contributed by atoms with Gasteiger partial charge in [0.25, 0.3) is 0 Å². The van der Waals surface area contributed by atoms with Gasteiger partial charge in [0, 0.05) is 0 Å². The summed E-state index contributed by atoms with van der Waals surface area (Å²) < 4.78 is 10.4. The van der Waals surface area contributed by atoms with E-state index >= 15 is 0 Å². The summed E-state index contributed by atoms with van der Waals surface area (Å²) in [7, 11) is 0. The third kappa shape index (κ3) is 0.661. The Hall–Kier alpha value is -1.16. The van der Waals surface area contributed by atoms with Gasteiger partial charge in [-0.1, -0.05) is 12.2 Å². The summed E-state index contributed by atoms with van der Waals surface area (Å²) in [5.74, 6) is -1.80. The minimum Gasteiger partial charge on any atom is -0.393 e. The number of rotatable bonds is 0. The molecule has 2 bridgehead atoms. The summed E-state index contributed by atoms with van der Waals surface area (Å²) in [4.78, 5) is 22.9. The second-order valence-electron chi connectivity index (χ2n) is 4.50. The molecule has 14 heavy (non-hydrogen) atoms. The highest BCUT2D eigenvalue weighted by Crippen LogP contribution is 2.56. The number of cyclic esters (lactones) is 2. The summed E-state index contributed by atoms with van der Waals surface area (Å²) in [6.45, 7) is 3.64. The fourth-order valence-electron chi connectivity index (χ4n) is 2.84. The zero-order valence-electron chi connectivity index (χ0n) is 7.94. The molecule has 3 rings (SSSR count). The van der Waals surface area contributed by atoms with Crippen LogP contribution in [0.1, 0.15) is 13.8 Å². The van der Waals surface area contributed by atoms with Gasteiger partial charge in [-0.25, -0.2) is 0 Å². The van der Waals surface area contributed by atoms with Crippen LogP contribution in [-0.4, -0.2) is 23.1 Å². The molecule has 4 heteroatoms. The van der Waals surface area contributed by atoms with Gasteiger partial charge in [0.05, 0.1) is 11.2 Å². The van der Waals surface area contributed by atoms with Crippen LogP contribution in [0.4, 0.5) is 0 Å². The smallest absolute Gasteiger partial charge is 0.320 e. The van der Waals surface area contributed by atoms with E-state index in [4.69, 9.17) is 4.74 Å². The largest absolute Gasteiger partial charge is 0.393 e. The predicted molar refractivity (Wildman–Crippen MR) is 45.1 cm³/mol. The van der Waals surface area contributed by atoms with Crippen molar-refractivity contribution in [2.45, 2.75) is 25.0 Å². The van der Waals surface area contributed by atoms with E-state index in [9.17, 15) is 9.59 Å². The maximum Gasteiger partial charge on any atom is 0.320 e. The molecule has 3 aliphatic rings. The zero-order chi connectivity index (χ0) is 10.1. The maximum absolute atomic E-state index is 11.4.